The maximum atomic E-state index is 13.2. The summed E-state index contributed by atoms with van der Waals surface area (Å²) < 4.78 is 39.9. The Kier molecular flexibility index (Phi) is 6.74. The fourth-order valence-electron chi connectivity index (χ4n) is 3.19. The fourth-order valence-corrected chi connectivity index (χ4v) is 3.19. The first-order valence-corrected chi connectivity index (χ1v) is 9.81. The summed E-state index contributed by atoms with van der Waals surface area (Å²) in [6, 6.07) is 10.8. The molecule has 0 unspecified atom stereocenters. The summed E-state index contributed by atoms with van der Waals surface area (Å²) in [5, 5.41) is 15.0. The van der Waals surface area contributed by atoms with Crippen LogP contribution in [0.3, 0.4) is 0 Å². The first-order valence-electron chi connectivity index (χ1n) is 9.81. The molecule has 164 valence electrons. The molecule has 2 aromatic heterocycles. The smallest absolute Gasteiger partial charge is 0.378 e. The molecule has 1 atom stereocenters. The van der Waals surface area contributed by atoms with Crippen LogP contribution in [0.1, 0.15) is 35.5 Å². The summed E-state index contributed by atoms with van der Waals surface area (Å²) in [6.07, 6.45) is -2.75. The topological polar surface area (TPSA) is 71.2 Å². The summed E-state index contributed by atoms with van der Waals surface area (Å²) in [6.45, 7) is 4.42. The number of benzene rings is 1. The van der Waals surface area contributed by atoms with Gasteiger partial charge in [0.25, 0.3) is 5.91 Å². The third kappa shape index (κ3) is 5.29. The van der Waals surface area contributed by atoms with Gasteiger partial charge in [0.15, 0.2) is 6.10 Å². The van der Waals surface area contributed by atoms with Gasteiger partial charge in [-0.1, -0.05) is 36.4 Å². The number of carbonyl (C=O) groups excluding carboxylic acids is 1. The average molecular weight is 432 g/mol. The molecule has 9 heteroatoms. The molecule has 0 saturated carbocycles. The third-order valence-corrected chi connectivity index (χ3v) is 4.89. The number of nitrogens with zero attached hydrogens (tertiary/aromatic N) is 4. The largest absolute Gasteiger partial charge is 0.433 e. The van der Waals surface area contributed by atoms with E-state index in [1.165, 1.54) is 11.0 Å². The van der Waals surface area contributed by atoms with Gasteiger partial charge in [-0.25, -0.2) is 0 Å². The molecular formula is C22H23F3N4O2. The van der Waals surface area contributed by atoms with Crippen LogP contribution in [0, 0.1) is 6.92 Å². The summed E-state index contributed by atoms with van der Waals surface area (Å²) in [7, 11) is 0. The number of anilines is 1. The van der Waals surface area contributed by atoms with Gasteiger partial charge in [0.2, 0.25) is 0 Å². The van der Waals surface area contributed by atoms with Crippen LogP contribution in [-0.4, -0.2) is 32.3 Å². The van der Waals surface area contributed by atoms with Crippen LogP contribution in [0.25, 0.3) is 0 Å². The average Bonchev–Trinajstić information content (AvgIpc) is 3.14. The second-order valence-corrected chi connectivity index (χ2v) is 7.06. The van der Waals surface area contributed by atoms with Gasteiger partial charge < -0.3 is 10.0 Å². The molecule has 1 amide bonds. The predicted octanol–water partition coefficient (Wildman–Crippen LogP) is 3.93. The van der Waals surface area contributed by atoms with E-state index in [-0.39, 0.29) is 13.0 Å². The van der Waals surface area contributed by atoms with Gasteiger partial charge in [-0.3, -0.25) is 14.5 Å². The number of amides is 1. The van der Waals surface area contributed by atoms with Crippen molar-refractivity contribution in [2.45, 2.75) is 39.1 Å². The van der Waals surface area contributed by atoms with E-state index in [9.17, 15) is 23.1 Å². The lowest BCUT2D eigenvalue weighted by Gasteiger charge is -2.25. The fraction of sp³-hybridized carbons (Fsp3) is 0.318. The molecule has 0 fully saturated rings. The molecule has 0 aliphatic rings. The van der Waals surface area contributed by atoms with E-state index < -0.39 is 23.9 Å². The number of hydrogen-bond acceptors (Lipinski definition) is 4. The Morgan fingerprint density at radius 3 is 2.45 bits per heavy atom. The number of alkyl halides is 3. The van der Waals surface area contributed by atoms with E-state index in [1.54, 1.807) is 48.1 Å². The number of aliphatic hydroxyl groups is 1. The lowest BCUT2D eigenvalue weighted by Crippen LogP contribution is -2.37. The molecule has 0 radical (unpaired) electrons. The number of halogens is 3. The number of aliphatic hydroxyl groups excluding tert-OH is 1. The van der Waals surface area contributed by atoms with Crippen molar-refractivity contribution in [2.24, 2.45) is 0 Å². The molecular weight excluding hydrogens is 409 g/mol. The molecule has 0 bridgehead atoms. The van der Waals surface area contributed by atoms with Gasteiger partial charge in [-0.2, -0.15) is 18.3 Å². The molecule has 0 spiro atoms. The zero-order valence-corrected chi connectivity index (χ0v) is 17.2. The highest BCUT2D eigenvalue weighted by Gasteiger charge is 2.32. The quantitative estimate of drug-likeness (QED) is 0.614. The summed E-state index contributed by atoms with van der Waals surface area (Å²) in [5.74, 6) is -0.537. The minimum Gasteiger partial charge on any atom is -0.378 e. The normalized spacial score (nSPS) is 12.6. The van der Waals surface area contributed by atoms with Crippen molar-refractivity contribution in [3.05, 3.63) is 77.4 Å². The minimum atomic E-state index is -4.51. The van der Waals surface area contributed by atoms with Gasteiger partial charge in [-0.05, 0) is 37.5 Å². The van der Waals surface area contributed by atoms with Crippen LogP contribution in [0.15, 0.2) is 54.9 Å². The van der Waals surface area contributed by atoms with E-state index in [0.29, 0.717) is 29.1 Å². The molecule has 0 saturated heterocycles. The molecule has 1 aromatic carbocycles. The SMILES string of the molecule is CCn1cc(N(CCc2ccc(C(F)(F)F)nc2)C(=O)[C@@H](O)c2ccccc2)c(C)n1. The van der Waals surface area contributed by atoms with Crippen molar-refractivity contribution >= 4 is 11.6 Å². The highest BCUT2D eigenvalue weighted by Crippen LogP contribution is 2.28. The number of aryl methyl sites for hydroxylation is 2. The molecule has 2 heterocycles. The standard InChI is InChI=1S/C22H23F3N4O2/c1-3-28-14-18(15(2)27-28)29(21(31)20(30)17-7-5-4-6-8-17)12-11-16-9-10-19(26-13-16)22(23,24)25/h4-10,13-14,20,30H,3,11-12H2,1-2H3/t20-/m0/s1. The minimum absolute atomic E-state index is 0.145. The lowest BCUT2D eigenvalue weighted by atomic mass is 10.1. The summed E-state index contributed by atoms with van der Waals surface area (Å²) in [4.78, 5) is 18.1. The number of hydrogen-bond donors (Lipinski definition) is 1. The predicted molar refractivity (Wildman–Crippen MR) is 109 cm³/mol. The van der Waals surface area contributed by atoms with Crippen LogP contribution in [0.2, 0.25) is 0 Å². The molecule has 0 aliphatic carbocycles. The first kappa shape index (κ1) is 22.5. The number of pyridine rings is 1. The van der Waals surface area contributed by atoms with E-state index in [2.05, 4.69) is 10.1 Å². The van der Waals surface area contributed by atoms with E-state index >= 15 is 0 Å². The van der Waals surface area contributed by atoms with Gasteiger partial charge in [-0.15, -0.1) is 0 Å². The Labute approximate surface area is 178 Å². The molecule has 3 aromatic rings. The number of rotatable bonds is 7. The van der Waals surface area contributed by atoms with Gasteiger partial charge >= 0.3 is 6.18 Å². The number of aromatic nitrogens is 3. The van der Waals surface area contributed by atoms with Gasteiger partial charge in [0, 0.05) is 25.5 Å². The Balaban J connectivity index is 1.85. The highest BCUT2D eigenvalue weighted by molar-refractivity contribution is 5.97. The second kappa shape index (κ2) is 9.30. The van der Waals surface area contributed by atoms with Gasteiger partial charge in [0.1, 0.15) is 5.69 Å². The molecule has 31 heavy (non-hydrogen) atoms. The van der Waals surface area contributed by atoms with Gasteiger partial charge in [0.05, 0.1) is 11.4 Å². The highest BCUT2D eigenvalue weighted by atomic mass is 19.4. The maximum absolute atomic E-state index is 13.2. The van der Waals surface area contributed by atoms with E-state index in [0.717, 1.165) is 12.3 Å². The summed E-state index contributed by atoms with van der Waals surface area (Å²) in [5.41, 5.74) is 1.18. The maximum Gasteiger partial charge on any atom is 0.433 e. The first-order chi connectivity index (χ1) is 14.7. The monoisotopic (exact) mass is 432 g/mol. The Morgan fingerprint density at radius 2 is 1.90 bits per heavy atom. The van der Waals surface area contributed by atoms with Crippen molar-refractivity contribution < 1.29 is 23.1 Å². The van der Waals surface area contributed by atoms with E-state index in [4.69, 9.17) is 0 Å². The van der Waals surface area contributed by atoms with Crippen LogP contribution < -0.4 is 4.90 Å². The zero-order valence-electron chi connectivity index (χ0n) is 17.2. The van der Waals surface area contributed by atoms with Crippen LogP contribution in [0.4, 0.5) is 18.9 Å². The van der Waals surface area contributed by atoms with Crippen molar-refractivity contribution in [3.63, 3.8) is 0 Å². The molecule has 1 N–H and O–H groups in total. The van der Waals surface area contributed by atoms with Crippen LogP contribution in [-0.2, 0) is 23.9 Å². The molecule has 6 nitrogen and oxygen atoms in total. The van der Waals surface area contributed by atoms with Crippen molar-refractivity contribution in [1.82, 2.24) is 14.8 Å². The Bertz CT molecular complexity index is 1020. The van der Waals surface area contributed by atoms with Crippen molar-refractivity contribution in [2.75, 3.05) is 11.4 Å². The van der Waals surface area contributed by atoms with Crippen molar-refractivity contribution in [1.29, 1.82) is 0 Å². The van der Waals surface area contributed by atoms with Crippen molar-refractivity contribution in [3.8, 4) is 0 Å². The molecule has 0 aliphatic heterocycles. The third-order valence-electron chi connectivity index (χ3n) is 4.89. The van der Waals surface area contributed by atoms with E-state index in [1.807, 2.05) is 6.92 Å². The Hall–Kier alpha value is -3.20. The summed E-state index contributed by atoms with van der Waals surface area (Å²) >= 11 is 0. The molecule has 3 rings (SSSR count). The van der Waals surface area contributed by atoms with Crippen LogP contribution >= 0.6 is 0 Å². The number of carbonyl (C=O) groups is 1. The zero-order chi connectivity index (χ0) is 22.6. The Morgan fingerprint density at radius 1 is 1.19 bits per heavy atom. The van der Waals surface area contributed by atoms with Crippen LogP contribution in [0.5, 0.6) is 0 Å². The lowest BCUT2D eigenvalue weighted by molar-refractivity contribution is -0.141. The second-order valence-electron chi connectivity index (χ2n) is 7.06.